The number of H-pyrrole nitrogens is 1. The molecule has 1 amide bonds. The number of hydrogen-bond acceptors (Lipinski definition) is 5. The minimum absolute atomic E-state index is 0.0111. The molecular formula is C23H31N5O3. The van der Waals surface area contributed by atoms with Crippen molar-refractivity contribution in [3.05, 3.63) is 50.9 Å². The predicted molar refractivity (Wildman–Crippen MR) is 120 cm³/mol. The first-order valence-electron chi connectivity index (χ1n) is 11.0. The van der Waals surface area contributed by atoms with Gasteiger partial charge in [-0.25, -0.2) is 9.78 Å². The molecule has 1 unspecified atom stereocenters. The third-order valence-corrected chi connectivity index (χ3v) is 6.48. The number of aromatic nitrogens is 2. The molecule has 0 bridgehead atoms. The number of piperidine rings is 1. The van der Waals surface area contributed by atoms with Crippen molar-refractivity contribution in [2.75, 3.05) is 25.0 Å². The van der Waals surface area contributed by atoms with E-state index in [-0.39, 0.29) is 11.6 Å². The maximum absolute atomic E-state index is 12.8. The Morgan fingerprint density at radius 1 is 1.16 bits per heavy atom. The van der Waals surface area contributed by atoms with Gasteiger partial charge in [-0.05, 0) is 63.3 Å². The number of anilines is 2. The standard InChI is InChI=1S/C23H31N5O3/c1-14-10-15(2)12-17(11-14)24-22-25-20-6-8-27(7-5-19(20)21(29)26-22)18-4-9-28(23(30)31)16(3)13-18/h10-12,16,18H,4-9,13H2,1-3H3,(H,30,31)(H2,24,25,26,29)/t16-,18?/m0/s1. The van der Waals surface area contributed by atoms with E-state index in [1.165, 1.54) is 4.90 Å². The zero-order chi connectivity index (χ0) is 22.1. The summed E-state index contributed by atoms with van der Waals surface area (Å²) in [4.78, 5) is 35.7. The van der Waals surface area contributed by atoms with Gasteiger partial charge in [-0.2, -0.15) is 0 Å². The molecule has 31 heavy (non-hydrogen) atoms. The highest BCUT2D eigenvalue weighted by Crippen LogP contribution is 2.24. The van der Waals surface area contributed by atoms with Crippen LogP contribution in [-0.2, 0) is 12.8 Å². The number of benzene rings is 1. The average molecular weight is 426 g/mol. The van der Waals surface area contributed by atoms with Crippen LogP contribution < -0.4 is 10.9 Å². The van der Waals surface area contributed by atoms with Crippen molar-refractivity contribution in [2.45, 2.75) is 58.5 Å². The minimum Gasteiger partial charge on any atom is -0.465 e. The fourth-order valence-electron chi connectivity index (χ4n) is 5.00. The first kappa shape index (κ1) is 21.4. The van der Waals surface area contributed by atoms with Gasteiger partial charge >= 0.3 is 6.09 Å². The summed E-state index contributed by atoms with van der Waals surface area (Å²) in [6.45, 7) is 8.25. The van der Waals surface area contributed by atoms with Crippen LogP contribution in [0.3, 0.4) is 0 Å². The number of nitrogens with zero attached hydrogens (tertiary/aromatic N) is 3. The van der Waals surface area contributed by atoms with Crippen LogP contribution >= 0.6 is 0 Å². The quantitative estimate of drug-likeness (QED) is 0.699. The number of rotatable bonds is 3. The van der Waals surface area contributed by atoms with E-state index in [1.807, 2.05) is 32.9 Å². The number of aromatic amines is 1. The zero-order valence-corrected chi connectivity index (χ0v) is 18.4. The Morgan fingerprint density at radius 2 is 1.87 bits per heavy atom. The molecule has 1 fully saturated rings. The van der Waals surface area contributed by atoms with Crippen LogP contribution in [0.15, 0.2) is 23.0 Å². The minimum atomic E-state index is -0.839. The van der Waals surface area contributed by atoms with Gasteiger partial charge in [0.1, 0.15) is 0 Å². The predicted octanol–water partition coefficient (Wildman–Crippen LogP) is 3.06. The van der Waals surface area contributed by atoms with E-state index in [0.717, 1.165) is 54.0 Å². The second-order valence-corrected chi connectivity index (χ2v) is 8.88. The Labute approximate surface area is 182 Å². The summed E-state index contributed by atoms with van der Waals surface area (Å²) in [7, 11) is 0. The van der Waals surface area contributed by atoms with E-state index in [0.29, 0.717) is 31.4 Å². The Kier molecular flexibility index (Phi) is 6.00. The lowest BCUT2D eigenvalue weighted by Gasteiger charge is -2.40. The summed E-state index contributed by atoms with van der Waals surface area (Å²) in [6.07, 6.45) is 2.19. The summed E-state index contributed by atoms with van der Waals surface area (Å²) in [5.41, 5.74) is 4.76. The van der Waals surface area contributed by atoms with E-state index in [2.05, 4.69) is 21.3 Å². The highest BCUT2D eigenvalue weighted by Gasteiger charge is 2.32. The van der Waals surface area contributed by atoms with Gasteiger partial charge in [-0.15, -0.1) is 0 Å². The fourth-order valence-corrected chi connectivity index (χ4v) is 5.00. The lowest BCUT2D eigenvalue weighted by Crippen LogP contribution is -2.51. The SMILES string of the molecule is Cc1cc(C)cc(Nc2nc3c(c(=O)[nH]2)CCN(C2CCN(C(=O)O)[C@@H](C)C2)CC3)c1. The zero-order valence-electron chi connectivity index (χ0n) is 18.4. The van der Waals surface area contributed by atoms with Crippen LogP contribution in [0.25, 0.3) is 0 Å². The normalized spacial score (nSPS) is 22.0. The van der Waals surface area contributed by atoms with Crippen LogP contribution in [0.5, 0.6) is 0 Å². The van der Waals surface area contributed by atoms with Crippen molar-refractivity contribution in [3.63, 3.8) is 0 Å². The molecule has 0 saturated carbocycles. The second kappa shape index (κ2) is 8.70. The van der Waals surface area contributed by atoms with Gasteiger partial charge in [0.05, 0.1) is 5.69 Å². The second-order valence-electron chi connectivity index (χ2n) is 8.88. The topological polar surface area (TPSA) is 102 Å². The first-order valence-corrected chi connectivity index (χ1v) is 11.0. The van der Waals surface area contributed by atoms with Gasteiger partial charge < -0.3 is 15.3 Å². The number of nitrogens with one attached hydrogen (secondary N) is 2. The maximum atomic E-state index is 12.8. The Bertz CT molecular complexity index is 1010. The van der Waals surface area contributed by atoms with Crippen molar-refractivity contribution < 1.29 is 9.90 Å². The fraction of sp³-hybridized carbons (Fsp3) is 0.522. The van der Waals surface area contributed by atoms with Crippen molar-refractivity contribution in [3.8, 4) is 0 Å². The molecule has 3 N–H and O–H groups in total. The van der Waals surface area contributed by atoms with Crippen molar-refractivity contribution in [1.82, 2.24) is 19.8 Å². The molecule has 2 aromatic rings. The maximum Gasteiger partial charge on any atom is 0.407 e. The largest absolute Gasteiger partial charge is 0.465 e. The number of hydrogen-bond donors (Lipinski definition) is 3. The highest BCUT2D eigenvalue weighted by molar-refractivity contribution is 5.65. The molecule has 3 heterocycles. The molecule has 0 aliphatic carbocycles. The van der Waals surface area contributed by atoms with Gasteiger partial charge in [0.15, 0.2) is 0 Å². The summed E-state index contributed by atoms with van der Waals surface area (Å²) in [5.74, 6) is 0.477. The third-order valence-electron chi connectivity index (χ3n) is 6.48. The smallest absolute Gasteiger partial charge is 0.407 e. The van der Waals surface area contributed by atoms with Gasteiger partial charge in [0, 0.05) is 49.4 Å². The molecule has 1 aromatic heterocycles. The molecule has 8 nitrogen and oxygen atoms in total. The number of carboxylic acid groups (broad SMARTS) is 1. The Morgan fingerprint density at radius 3 is 2.55 bits per heavy atom. The van der Waals surface area contributed by atoms with Gasteiger partial charge in [-0.1, -0.05) is 6.07 Å². The molecule has 2 atom stereocenters. The monoisotopic (exact) mass is 425 g/mol. The lowest BCUT2D eigenvalue weighted by molar-refractivity contribution is 0.0687. The molecular weight excluding hydrogens is 394 g/mol. The number of carbonyl (C=O) groups is 1. The van der Waals surface area contributed by atoms with Crippen LogP contribution in [0.4, 0.5) is 16.4 Å². The number of likely N-dealkylation sites (tertiary alicyclic amines) is 1. The molecule has 166 valence electrons. The average Bonchev–Trinajstić information content (AvgIpc) is 2.90. The van der Waals surface area contributed by atoms with E-state index in [9.17, 15) is 14.7 Å². The molecule has 8 heteroatoms. The summed E-state index contributed by atoms with van der Waals surface area (Å²) in [5, 5.41) is 12.6. The molecule has 2 aliphatic heterocycles. The van der Waals surface area contributed by atoms with Crippen LogP contribution in [0.1, 0.15) is 42.1 Å². The van der Waals surface area contributed by atoms with Crippen molar-refractivity contribution in [2.24, 2.45) is 0 Å². The Hall–Kier alpha value is -2.87. The molecule has 0 radical (unpaired) electrons. The molecule has 1 aromatic carbocycles. The number of amides is 1. The Balaban J connectivity index is 1.47. The number of aryl methyl sites for hydroxylation is 2. The van der Waals surface area contributed by atoms with Gasteiger partial charge in [0.25, 0.3) is 5.56 Å². The summed E-state index contributed by atoms with van der Waals surface area (Å²) < 4.78 is 0. The lowest BCUT2D eigenvalue weighted by atomic mass is 9.97. The van der Waals surface area contributed by atoms with E-state index < -0.39 is 6.09 Å². The van der Waals surface area contributed by atoms with Crippen molar-refractivity contribution in [1.29, 1.82) is 0 Å². The molecule has 1 saturated heterocycles. The third kappa shape index (κ3) is 4.74. The van der Waals surface area contributed by atoms with E-state index >= 15 is 0 Å². The van der Waals surface area contributed by atoms with Crippen LogP contribution in [0.2, 0.25) is 0 Å². The molecule has 0 spiro atoms. The van der Waals surface area contributed by atoms with Crippen LogP contribution in [0, 0.1) is 13.8 Å². The van der Waals surface area contributed by atoms with E-state index in [1.54, 1.807) is 0 Å². The molecule has 4 rings (SSSR count). The number of fused-ring (bicyclic) bond motifs is 1. The first-order chi connectivity index (χ1) is 14.8. The van der Waals surface area contributed by atoms with Crippen molar-refractivity contribution >= 4 is 17.7 Å². The van der Waals surface area contributed by atoms with Gasteiger partial charge in [-0.3, -0.25) is 14.7 Å². The summed E-state index contributed by atoms with van der Waals surface area (Å²) >= 11 is 0. The molecule has 2 aliphatic rings. The van der Waals surface area contributed by atoms with Crippen LogP contribution in [-0.4, -0.2) is 62.7 Å². The highest BCUT2D eigenvalue weighted by atomic mass is 16.4. The summed E-state index contributed by atoms with van der Waals surface area (Å²) in [6, 6.07) is 6.52. The van der Waals surface area contributed by atoms with Gasteiger partial charge in [0.2, 0.25) is 5.95 Å². The van der Waals surface area contributed by atoms with E-state index in [4.69, 9.17) is 4.98 Å².